The Morgan fingerprint density at radius 1 is 1.36 bits per heavy atom. The number of fused-ring (bicyclic) bond motifs is 3. The van der Waals surface area contributed by atoms with Crippen LogP contribution >= 0.6 is 11.6 Å². The maximum Gasteiger partial charge on any atom is 0.109 e. The fraction of sp³-hybridized carbons (Fsp3) is 0.636. The molecule has 0 spiro atoms. The van der Waals surface area contributed by atoms with Crippen LogP contribution in [0.1, 0.15) is 36.4 Å². The van der Waals surface area contributed by atoms with Gasteiger partial charge < -0.3 is 10.3 Å². The first-order chi connectivity index (χ1) is 6.86. The minimum atomic E-state index is 0.566. The van der Waals surface area contributed by atoms with Crippen LogP contribution in [0.2, 0.25) is 5.15 Å². The Hall–Kier alpha value is -0.470. The first kappa shape index (κ1) is 8.81. The van der Waals surface area contributed by atoms with Gasteiger partial charge >= 0.3 is 0 Å². The molecule has 2 aliphatic rings. The van der Waals surface area contributed by atoms with E-state index in [1.54, 1.807) is 0 Å². The molecule has 76 valence electrons. The summed E-state index contributed by atoms with van der Waals surface area (Å²) in [5.41, 5.74) is 2.77. The molecule has 0 amide bonds. The lowest BCUT2D eigenvalue weighted by Crippen LogP contribution is -2.36. The third kappa shape index (κ3) is 1.21. The zero-order valence-corrected chi connectivity index (χ0v) is 8.90. The van der Waals surface area contributed by atoms with Crippen LogP contribution in [0, 0.1) is 5.92 Å². The first-order valence-corrected chi connectivity index (χ1v) is 5.83. The molecule has 1 aromatic heterocycles. The molecular formula is C11H15ClN2. The van der Waals surface area contributed by atoms with Crippen LogP contribution in [-0.2, 0) is 6.42 Å². The first-order valence-electron chi connectivity index (χ1n) is 5.45. The highest BCUT2D eigenvalue weighted by molar-refractivity contribution is 6.30. The van der Waals surface area contributed by atoms with Crippen LogP contribution in [0.25, 0.3) is 0 Å². The lowest BCUT2D eigenvalue weighted by atomic mass is 9.77. The Kier molecular flexibility index (Phi) is 2.06. The number of hydrogen-bond donors (Lipinski definition) is 2. The topological polar surface area (TPSA) is 27.8 Å². The van der Waals surface area contributed by atoms with Gasteiger partial charge in [0, 0.05) is 12.2 Å². The molecule has 1 aliphatic carbocycles. The summed E-state index contributed by atoms with van der Waals surface area (Å²) in [7, 11) is 0. The Bertz CT molecular complexity index is 345. The molecular weight excluding hydrogens is 196 g/mol. The van der Waals surface area contributed by atoms with Crippen molar-refractivity contribution in [2.75, 3.05) is 6.54 Å². The highest BCUT2D eigenvalue weighted by atomic mass is 35.5. The molecule has 1 fully saturated rings. The van der Waals surface area contributed by atoms with Gasteiger partial charge in [-0.1, -0.05) is 11.6 Å². The highest BCUT2D eigenvalue weighted by Crippen LogP contribution is 2.41. The zero-order chi connectivity index (χ0) is 9.54. The molecule has 3 heteroatoms. The molecule has 1 aliphatic heterocycles. The number of piperidine rings is 1. The molecule has 1 aromatic rings. The number of aromatic amines is 1. The van der Waals surface area contributed by atoms with E-state index in [-0.39, 0.29) is 0 Å². The van der Waals surface area contributed by atoms with Crippen molar-refractivity contribution in [3.8, 4) is 0 Å². The number of hydrogen-bond acceptors (Lipinski definition) is 1. The fourth-order valence-corrected chi connectivity index (χ4v) is 3.19. The Labute approximate surface area is 89.0 Å². The van der Waals surface area contributed by atoms with Crippen molar-refractivity contribution in [1.29, 1.82) is 0 Å². The number of halogens is 1. The van der Waals surface area contributed by atoms with Crippen LogP contribution in [-0.4, -0.2) is 11.5 Å². The number of aromatic nitrogens is 1. The van der Waals surface area contributed by atoms with Gasteiger partial charge in [-0.2, -0.15) is 0 Å². The molecule has 3 rings (SSSR count). The van der Waals surface area contributed by atoms with Crippen molar-refractivity contribution in [1.82, 2.24) is 10.3 Å². The van der Waals surface area contributed by atoms with E-state index in [1.165, 1.54) is 30.4 Å². The standard InChI is InChI=1S/C11H15ClN2/c12-11-8-4-3-7-2-1-5-13-10(7)9(8)6-14-11/h6-7,10,13-14H,1-5H2. The van der Waals surface area contributed by atoms with Crippen molar-refractivity contribution >= 4 is 11.6 Å². The molecule has 2 heterocycles. The summed E-state index contributed by atoms with van der Waals surface area (Å²) in [6.07, 6.45) is 7.24. The number of nitrogens with one attached hydrogen (secondary N) is 2. The predicted molar refractivity (Wildman–Crippen MR) is 57.6 cm³/mol. The van der Waals surface area contributed by atoms with Crippen LogP contribution in [0.5, 0.6) is 0 Å². The molecule has 0 saturated carbocycles. The highest BCUT2D eigenvalue weighted by Gasteiger charge is 2.32. The number of H-pyrrole nitrogens is 1. The second kappa shape index (κ2) is 3.28. The van der Waals surface area contributed by atoms with Crippen molar-refractivity contribution in [2.24, 2.45) is 5.92 Å². The van der Waals surface area contributed by atoms with Gasteiger partial charge in [0.15, 0.2) is 0 Å². The van der Waals surface area contributed by atoms with E-state index in [2.05, 4.69) is 16.5 Å². The van der Waals surface area contributed by atoms with Crippen molar-refractivity contribution in [2.45, 2.75) is 31.7 Å². The van der Waals surface area contributed by atoms with Crippen LogP contribution < -0.4 is 5.32 Å². The van der Waals surface area contributed by atoms with Gasteiger partial charge in [0.1, 0.15) is 5.15 Å². The van der Waals surface area contributed by atoms with E-state index in [0.717, 1.165) is 24.0 Å². The van der Waals surface area contributed by atoms with Crippen molar-refractivity contribution < 1.29 is 0 Å². The Morgan fingerprint density at radius 2 is 2.29 bits per heavy atom. The molecule has 0 bridgehead atoms. The summed E-state index contributed by atoms with van der Waals surface area (Å²) in [5, 5.41) is 4.46. The van der Waals surface area contributed by atoms with E-state index >= 15 is 0 Å². The van der Waals surface area contributed by atoms with E-state index in [9.17, 15) is 0 Å². The van der Waals surface area contributed by atoms with Crippen molar-refractivity contribution in [3.05, 3.63) is 22.5 Å². The fourth-order valence-electron chi connectivity index (χ4n) is 2.93. The average Bonchev–Trinajstić information content (AvgIpc) is 2.61. The predicted octanol–water partition coefficient (Wildman–Crippen LogP) is 2.66. The van der Waals surface area contributed by atoms with Crippen LogP contribution in [0.15, 0.2) is 6.20 Å². The molecule has 2 atom stereocenters. The largest absolute Gasteiger partial charge is 0.352 e. The molecule has 2 N–H and O–H groups in total. The summed E-state index contributed by atoms with van der Waals surface area (Å²) in [6.45, 7) is 1.16. The molecule has 0 radical (unpaired) electrons. The van der Waals surface area contributed by atoms with E-state index in [4.69, 9.17) is 11.6 Å². The molecule has 2 nitrogen and oxygen atoms in total. The minimum absolute atomic E-state index is 0.566. The SMILES string of the molecule is Clc1[nH]cc2c1CCC1CCCNC21. The van der Waals surface area contributed by atoms with Gasteiger partial charge in [-0.05, 0) is 49.3 Å². The summed E-state index contributed by atoms with van der Waals surface area (Å²) in [4.78, 5) is 3.14. The molecule has 2 unspecified atom stereocenters. The van der Waals surface area contributed by atoms with Gasteiger partial charge in [-0.15, -0.1) is 0 Å². The zero-order valence-electron chi connectivity index (χ0n) is 8.15. The maximum absolute atomic E-state index is 6.11. The van der Waals surface area contributed by atoms with E-state index in [1.807, 2.05) is 0 Å². The van der Waals surface area contributed by atoms with Gasteiger partial charge in [0.05, 0.1) is 0 Å². The van der Waals surface area contributed by atoms with Crippen molar-refractivity contribution in [3.63, 3.8) is 0 Å². The lowest BCUT2D eigenvalue weighted by molar-refractivity contribution is 0.255. The van der Waals surface area contributed by atoms with Gasteiger partial charge in [-0.25, -0.2) is 0 Å². The average molecular weight is 211 g/mol. The summed E-state index contributed by atoms with van der Waals surface area (Å²) >= 11 is 6.11. The smallest absolute Gasteiger partial charge is 0.109 e. The number of rotatable bonds is 0. The molecule has 1 saturated heterocycles. The quantitative estimate of drug-likeness (QED) is 0.677. The second-order valence-electron chi connectivity index (χ2n) is 4.41. The normalized spacial score (nSPS) is 30.9. The third-order valence-electron chi connectivity index (χ3n) is 3.66. The Balaban J connectivity index is 1.99. The summed E-state index contributed by atoms with van der Waals surface area (Å²) < 4.78 is 0. The van der Waals surface area contributed by atoms with Gasteiger partial charge in [0.25, 0.3) is 0 Å². The maximum atomic E-state index is 6.11. The summed E-state index contributed by atoms with van der Waals surface area (Å²) in [6, 6.07) is 0.566. The van der Waals surface area contributed by atoms with Gasteiger partial charge in [0.2, 0.25) is 0 Å². The van der Waals surface area contributed by atoms with Gasteiger partial charge in [-0.3, -0.25) is 0 Å². The molecule has 14 heavy (non-hydrogen) atoms. The Morgan fingerprint density at radius 3 is 3.21 bits per heavy atom. The van der Waals surface area contributed by atoms with Crippen LogP contribution in [0.3, 0.4) is 0 Å². The van der Waals surface area contributed by atoms with E-state index in [0.29, 0.717) is 6.04 Å². The second-order valence-corrected chi connectivity index (χ2v) is 4.79. The van der Waals surface area contributed by atoms with E-state index < -0.39 is 0 Å². The lowest BCUT2D eigenvalue weighted by Gasteiger charge is -2.36. The minimum Gasteiger partial charge on any atom is -0.352 e. The molecule has 0 aromatic carbocycles. The van der Waals surface area contributed by atoms with Crippen LogP contribution in [0.4, 0.5) is 0 Å². The third-order valence-corrected chi connectivity index (χ3v) is 3.99. The monoisotopic (exact) mass is 210 g/mol. The summed E-state index contributed by atoms with van der Waals surface area (Å²) in [5.74, 6) is 0.836.